The van der Waals surface area contributed by atoms with Crippen LogP contribution in [0.4, 0.5) is 5.69 Å². The van der Waals surface area contributed by atoms with Gasteiger partial charge in [0, 0.05) is 19.3 Å². The third-order valence-electron chi connectivity index (χ3n) is 3.35. The van der Waals surface area contributed by atoms with Crippen molar-refractivity contribution in [1.29, 1.82) is 0 Å². The predicted octanol–water partition coefficient (Wildman–Crippen LogP) is 1.89. The minimum atomic E-state index is -0.252. The second-order valence-corrected chi connectivity index (χ2v) is 4.86. The summed E-state index contributed by atoms with van der Waals surface area (Å²) in [5.41, 5.74) is 3.71. The molecule has 0 spiro atoms. The Kier molecular flexibility index (Phi) is 5.83. The minimum absolute atomic E-state index is 0.212. The Hall–Kier alpha value is -1.55. The van der Waals surface area contributed by atoms with Crippen LogP contribution in [-0.2, 0) is 9.53 Å². The fraction of sp³-hybridized carbons (Fsp3) is 0.533. The molecule has 1 rings (SSSR count). The quantitative estimate of drug-likeness (QED) is 0.797. The molecule has 0 aliphatic heterocycles. The number of methoxy groups -OCH3 is 1. The summed E-state index contributed by atoms with van der Waals surface area (Å²) in [5, 5.41) is 2.98. The Bertz CT molecular complexity index is 432. The van der Waals surface area contributed by atoms with Crippen molar-refractivity contribution in [1.82, 2.24) is 5.32 Å². The number of rotatable bonds is 6. The lowest BCUT2D eigenvalue weighted by atomic mass is 10.1. The van der Waals surface area contributed by atoms with E-state index in [9.17, 15) is 4.79 Å². The Labute approximate surface area is 115 Å². The van der Waals surface area contributed by atoms with Gasteiger partial charge in [-0.1, -0.05) is 17.7 Å². The number of carbonyl (C=O) groups excluding carboxylic acids is 1. The van der Waals surface area contributed by atoms with Crippen LogP contribution < -0.4 is 10.2 Å². The Morgan fingerprint density at radius 2 is 2.11 bits per heavy atom. The number of nitrogens with zero attached hydrogens (tertiary/aromatic N) is 1. The molecule has 0 aliphatic rings. The van der Waals surface area contributed by atoms with Gasteiger partial charge in [-0.15, -0.1) is 0 Å². The van der Waals surface area contributed by atoms with Crippen molar-refractivity contribution in [2.75, 3.05) is 32.6 Å². The van der Waals surface area contributed by atoms with Gasteiger partial charge in [0.05, 0.1) is 7.11 Å². The number of ether oxygens (including phenoxy) is 1. The third-order valence-corrected chi connectivity index (χ3v) is 3.35. The first kappa shape index (κ1) is 15.5. The number of benzene rings is 1. The molecule has 0 aliphatic carbocycles. The van der Waals surface area contributed by atoms with Gasteiger partial charge in [-0.25, -0.2) is 0 Å². The van der Waals surface area contributed by atoms with Crippen molar-refractivity contribution in [2.45, 2.75) is 26.3 Å². The van der Waals surface area contributed by atoms with Gasteiger partial charge in [-0.3, -0.25) is 4.79 Å². The lowest BCUT2D eigenvalue weighted by Gasteiger charge is -2.23. The minimum Gasteiger partial charge on any atom is -0.468 e. The van der Waals surface area contributed by atoms with E-state index in [1.165, 1.54) is 23.9 Å². The molecule has 0 heterocycles. The van der Waals surface area contributed by atoms with Gasteiger partial charge in [0.15, 0.2) is 0 Å². The summed E-state index contributed by atoms with van der Waals surface area (Å²) in [4.78, 5) is 13.7. The highest BCUT2D eigenvalue weighted by molar-refractivity contribution is 5.75. The van der Waals surface area contributed by atoms with Gasteiger partial charge in [-0.05, 0) is 38.9 Å². The number of carbonyl (C=O) groups is 1. The van der Waals surface area contributed by atoms with Crippen molar-refractivity contribution in [3.05, 3.63) is 29.3 Å². The zero-order valence-electron chi connectivity index (χ0n) is 12.5. The molecule has 0 radical (unpaired) electrons. The van der Waals surface area contributed by atoms with Crippen molar-refractivity contribution < 1.29 is 9.53 Å². The standard InChI is InChI=1S/C15H24N2O2/c1-11-6-7-14(12(2)10-11)17(4)9-8-13(16-3)15(18)19-5/h6-7,10,13,16H,8-9H2,1-5H3. The summed E-state index contributed by atoms with van der Waals surface area (Å²) in [5.74, 6) is -0.212. The third kappa shape index (κ3) is 4.24. The van der Waals surface area contributed by atoms with Crippen LogP contribution in [0.1, 0.15) is 17.5 Å². The fourth-order valence-electron chi connectivity index (χ4n) is 2.20. The molecular weight excluding hydrogens is 240 g/mol. The average Bonchev–Trinajstić information content (AvgIpc) is 2.38. The van der Waals surface area contributed by atoms with Gasteiger partial charge < -0.3 is 15.0 Å². The van der Waals surface area contributed by atoms with Gasteiger partial charge in [0.2, 0.25) is 0 Å². The van der Waals surface area contributed by atoms with E-state index in [2.05, 4.69) is 42.3 Å². The first-order valence-corrected chi connectivity index (χ1v) is 6.53. The van der Waals surface area contributed by atoms with E-state index >= 15 is 0 Å². The van der Waals surface area contributed by atoms with Crippen LogP contribution in [0.2, 0.25) is 0 Å². The Morgan fingerprint density at radius 3 is 2.63 bits per heavy atom. The number of hydrogen-bond donors (Lipinski definition) is 1. The molecule has 1 N–H and O–H groups in total. The maximum atomic E-state index is 11.5. The second-order valence-electron chi connectivity index (χ2n) is 4.86. The highest BCUT2D eigenvalue weighted by atomic mass is 16.5. The number of esters is 1. The molecule has 1 unspecified atom stereocenters. The summed E-state index contributed by atoms with van der Waals surface area (Å²) < 4.78 is 4.76. The van der Waals surface area contributed by atoms with E-state index in [4.69, 9.17) is 4.74 Å². The smallest absolute Gasteiger partial charge is 0.322 e. The molecular formula is C15H24N2O2. The Balaban J connectivity index is 2.64. The maximum Gasteiger partial charge on any atom is 0.322 e. The van der Waals surface area contributed by atoms with Crippen LogP contribution in [0.25, 0.3) is 0 Å². The van der Waals surface area contributed by atoms with E-state index in [1.54, 1.807) is 7.05 Å². The zero-order chi connectivity index (χ0) is 14.4. The van der Waals surface area contributed by atoms with Gasteiger partial charge in [0.1, 0.15) is 6.04 Å². The fourth-order valence-corrected chi connectivity index (χ4v) is 2.20. The van der Waals surface area contributed by atoms with Crippen molar-refractivity contribution in [2.24, 2.45) is 0 Å². The van der Waals surface area contributed by atoms with Crippen LogP contribution >= 0.6 is 0 Å². The van der Waals surface area contributed by atoms with Crippen LogP contribution in [-0.4, -0.2) is 39.8 Å². The van der Waals surface area contributed by atoms with E-state index in [1.807, 2.05) is 7.05 Å². The lowest BCUT2D eigenvalue weighted by Crippen LogP contribution is -2.38. The summed E-state index contributed by atoms with van der Waals surface area (Å²) in [6.07, 6.45) is 0.715. The van der Waals surface area contributed by atoms with E-state index in [0.717, 1.165) is 6.54 Å². The largest absolute Gasteiger partial charge is 0.468 e. The maximum absolute atomic E-state index is 11.5. The number of hydrogen-bond acceptors (Lipinski definition) is 4. The highest BCUT2D eigenvalue weighted by Gasteiger charge is 2.17. The predicted molar refractivity (Wildman–Crippen MR) is 78.7 cm³/mol. The number of nitrogens with one attached hydrogen (secondary N) is 1. The van der Waals surface area contributed by atoms with Crippen LogP contribution in [0, 0.1) is 13.8 Å². The van der Waals surface area contributed by atoms with Crippen molar-refractivity contribution in [3.8, 4) is 0 Å². The number of likely N-dealkylation sites (N-methyl/N-ethyl adjacent to an activating group) is 1. The van der Waals surface area contributed by atoms with Crippen LogP contribution in [0.3, 0.4) is 0 Å². The van der Waals surface area contributed by atoms with E-state index in [0.29, 0.717) is 6.42 Å². The molecule has 4 heteroatoms. The molecule has 0 aromatic heterocycles. The van der Waals surface area contributed by atoms with E-state index in [-0.39, 0.29) is 12.0 Å². The molecule has 1 aromatic rings. The topological polar surface area (TPSA) is 41.6 Å². The number of anilines is 1. The first-order valence-electron chi connectivity index (χ1n) is 6.53. The average molecular weight is 264 g/mol. The van der Waals surface area contributed by atoms with Crippen LogP contribution in [0.5, 0.6) is 0 Å². The SMILES string of the molecule is CNC(CCN(C)c1ccc(C)cc1C)C(=O)OC. The molecule has 0 saturated heterocycles. The number of aryl methyl sites for hydroxylation is 2. The summed E-state index contributed by atoms with van der Waals surface area (Å²) in [6.45, 7) is 4.99. The van der Waals surface area contributed by atoms with E-state index < -0.39 is 0 Å². The molecule has 0 fully saturated rings. The molecule has 0 bridgehead atoms. The second kappa shape index (κ2) is 7.14. The van der Waals surface area contributed by atoms with Gasteiger partial charge >= 0.3 is 5.97 Å². The van der Waals surface area contributed by atoms with Crippen molar-refractivity contribution >= 4 is 11.7 Å². The van der Waals surface area contributed by atoms with Crippen molar-refractivity contribution in [3.63, 3.8) is 0 Å². The molecule has 0 saturated carbocycles. The monoisotopic (exact) mass is 264 g/mol. The normalized spacial score (nSPS) is 12.1. The summed E-state index contributed by atoms with van der Waals surface area (Å²) >= 11 is 0. The molecule has 4 nitrogen and oxygen atoms in total. The lowest BCUT2D eigenvalue weighted by molar-refractivity contribution is -0.143. The Morgan fingerprint density at radius 1 is 1.42 bits per heavy atom. The molecule has 106 valence electrons. The molecule has 0 amide bonds. The highest BCUT2D eigenvalue weighted by Crippen LogP contribution is 2.20. The van der Waals surface area contributed by atoms with Crippen LogP contribution in [0.15, 0.2) is 18.2 Å². The summed E-state index contributed by atoms with van der Waals surface area (Å²) in [7, 11) is 5.24. The molecule has 1 aromatic carbocycles. The van der Waals surface area contributed by atoms with Gasteiger partial charge in [-0.2, -0.15) is 0 Å². The molecule has 1 atom stereocenters. The molecule has 19 heavy (non-hydrogen) atoms. The first-order chi connectivity index (χ1) is 8.99. The zero-order valence-corrected chi connectivity index (χ0v) is 12.5. The van der Waals surface area contributed by atoms with Gasteiger partial charge in [0.25, 0.3) is 0 Å². The summed E-state index contributed by atoms with van der Waals surface area (Å²) in [6, 6.07) is 6.14.